The Morgan fingerprint density at radius 3 is 2.68 bits per heavy atom. The Balaban J connectivity index is 1.48. The molecule has 1 amide bonds. The molecule has 1 aromatic carbocycles. The lowest BCUT2D eigenvalue weighted by atomic mass is 9.88. The van der Waals surface area contributed by atoms with Crippen LogP contribution < -0.4 is 0 Å². The third kappa shape index (κ3) is 4.16. The summed E-state index contributed by atoms with van der Waals surface area (Å²) in [6.07, 6.45) is 8.41. The first-order valence-electron chi connectivity index (χ1n) is 10.3. The average Bonchev–Trinajstić information content (AvgIpc) is 3.22. The Bertz CT molecular complexity index is 1110. The molecule has 3 heterocycles. The second-order valence-corrected chi connectivity index (χ2v) is 9.27. The van der Waals surface area contributed by atoms with Crippen molar-refractivity contribution in [3.8, 4) is 0 Å². The number of amides is 1. The van der Waals surface area contributed by atoms with Gasteiger partial charge < -0.3 is 4.90 Å². The Morgan fingerprint density at radius 1 is 1.10 bits per heavy atom. The summed E-state index contributed by atoms with van der Waals surface area (Å²) in [5.74, 6) is 0.0741. The molecule has 0 bridgehead atoms. The van der Waals surface area contributed by atoms with Crippen molar-refractivity contribution in [2.75, 3.05) is 13.1 Å². The van der Waals surface area contributed by atoms with Crippen molar-refractivity contribution in [1.29, 1.82) is 0 Å². The van der Waals surface area contributed by atoms with Gasteiger partial charge in [-0.3, -0.25) is 9.78 Å². The first kappa shape index (κ1) is 20.4. The van der Waals surface area contributed by atoms with Crippen LogP contribution in [0.4, 0.5) is 0 Å². The second kappa shape index (κ2) is 8.55. The van der Waals surface area contributed by atoms with Gasteiger partial charge in [0.25, 0.3) is 0 Å². The Labute approximate surface area is 194 Å². The average molecular weight is 499 g/mol. The predicted octanol–water partition coefficient (Wildman–Crippen LogP) is 4.31. The maximum absolute atomic E-state index is 12.7. The van der Waals surface area contributed by atoms with E-state index < -0.39 is 0 Å². The van der Waals surface area contributed by atoms with Crippen LogP contribution in [-0.2, 0) is 24.2 Å². The Morgan fingerprint density at radius 2 is 1.90 bits per heavy atom. The molecular weight excluding hydrogens is 478 g/mol. The monoisotopic (exact) mass is 497 g/mol. The number of likely N-dealkylation sites (tertiary alicyclic amines) is 1. The maximum atomic E-state index is 12.7. The fourth-order valence-corrected chi connectivity index (χ4v) is 5.07. The van der Waals surface area contributed by atoms with E-state index in [2.05, 4.69) is 44.2 Å². The molecule has 31 heavy (non-hydrogen) atoms. The number of nitrogens with zero attached hydrogens (tertiary/aromatic N) is 5. The van der Waals surface area contributed by atoms with E-state index in [1.54, 1.807) is 11.0 Å². The predicted molar refractivity (Wildman–Crippen MR) is 123 cm³/mol. The zero-order valence-electron chi connectivity index (χ0n) is 16.9. The molecule has 6 nitrogen and oxygen atoms in total. The molecular formula is C23H21BrClN5O. The van der Waals surface area contributed by atoms with Crippen LogP contribution in [0.25, 0.3) is 5.57 Å². The standard InChI is InChI=1S/C23H21BrClN5O/c24-18-9-17-2-1-16-10-19(25)3-4-20(16)22(23(17)27-11-18)15-5-7-29(8-6-15)21(31)12-30-14-26-13-28-30/h3-4,9-11,13-14H,1-2,5-8,12H2. The van der Waals surface area contributed by atoms with E-state index in [1.165, 1.54) is 34.2 Å². The molecule has 158 valence electrons. The highest BCUT2D eigenvalue weighted by atomic mass is 79.9. The molecule has 0 N–H and O–H groups in total. The SMILES string of the molecule is O=C(Cn1cncn1)N1CCC(=C2c3ccc(Cl)cc3CCc3cc(Br)cnc32)CC1. The normalized spacial score (nSPS) is 16.0. The van der Waals surface area contributed by atoms with Gasteiger partial charge >= 0.3 is 0 Å². The second-order valence-electron chi connectivity index (χ2n) is 7.92. The largest absolute Gasteiger partial charge is 0.340 e. The lowest BCUT2D eigenvalue weighted by Gasteiger charge is -2.30. The van der Waals surface area contributed by atoms with Gasteiger partial charge in [0, 0.05) is 34.4 Å². The summed E-state index contributed by atoms with van der Waals surface area (Å²) in [4.78, 5) is 23.3. The van der Waals surface area contributed by atoms with Crippen molar-refractivity contribution < 1.29 is 4.79 Å². The van der Waals surface area contributed by atoms with Crippen LogP contribution in [0.2, 0.25) is 5.02 Å². The number of halogens is 2. The Kier molecular flexibility index (Phi) is 5.63. The number of hydrogen-bond acceptors (Lipinski definition) is 4. The molecule has 2 aromatic heterocycles. The molecule has 0 atom stereocenters. The highest BCUT2D eigenvalue weighted by Crippen LogP contribution is 2.39. The highest BCUT2D eigenvalue weighted by molar-refractivity contribution is 9.10. The zero-order valence-corrected chi connectivity index (χ0v) is 19.2. The molecule has 0 radical (unpaired) electrons. The van der Waals surface area contributed by atoms with E-state index in [0.717, 1.165) is 40.9 Å². The van der Waals surface area contributed by atoms with E-state index in [4.69, 9.17) is 16.6 Å². The minimum atomic E-state index is 0.0741. The number of carbonyl (C=O) groups is 1. The molecule has 8 heteroatoms. The van der Waals surface area contributed by atoms with Crippen molar-refractivity contribution in [3.63, 3.8) is 0 Å². The highest BCUT2D eigenvalue weighted by Gasteiger charge is 2.27. The van der Waals surface area contributed by atoms with E-state index in [9.17, 15) is 4.79 Å². The lowest BCUT2D eigenvalue weighted by molar-refractivity contribution is -0.132. The van der Waals surface area contributed by atoms with Gasteiger partial charge in [-0.05, 0) is 76.5 Å². The summed E-state index contributed by atoms with van der Waals surface area (Å²) in [5, 5.41) is 4.80. The van der Waals surface area contributed by atoms with Crippen LogP contribution in [-0.4, -0.2) is 43.6 Å². The van der Waals surface area contributed by atoms with Crippen LogP contribution in [0, 0.1) is 0 Å². The Hall–Kier alpha value is -2.51. The number of carbonyl (C=O) groups excluding carboxylic acids is 1. The molecule has 2 aliphatic rings. The van der Waals surface area contributed by atoms with Gasteiger partial charge in [-0.15, -0.1) is 0 Å². The summed E-state index contributed by atoms with van der Waals surface area (Å²) in [6, 6.07) is 8.34. The zero-order chi connectivity index (χ0) is 21.4. The van der Waals surface area contributed by atoms with Gasteiger partial charge in [0.2, 0.25) is 5.91 Å². The molecule has 1 aliphatic carbocycles. The van der Waals surface area contributed by atoms with Crippen LogP contribution in [0.1, 0.15) is 35.2 Å². The number of rotatable bonds is 2. The summed E-state index contributed by atoms with van der Waals surface area (Å²) in [7, 11) is 0. The summed E-state index contributed by atoms with van der Waals surface area (Å²) < 4.78 is 2.56. The van der Waals surface area contributed by atoms with Crippen molar-refractivity contribution in [2.45, 2.75) is 32.2 Å². The number of piperidine rings is 1. The summed E-state index contributed by atoms with van der Waals surface area (Å²) >= 11 is 9.89. The molecule has 0 spiro atoms. The van der Waals surface area contributed by atoms with E-state index in [0.29, 0.717) is 13.1 Å². The number of hydrogen-bond donors (Lipinski definition) is 0. The number of fused-ring (bicyclic) bond motifs is 2. The van der Waals surface area contributed by atoms with Gasteiger partial charge in [0.05, 0.1) is 5.69 Å². The van der Waals surface area contributed by atoms with Gasteiger partial charge in [0.1, 0.15) is 19.2 Å². The van der Waals surface area contributed by atoms with Gasteiger partial charge in [0.15, 0.2) is 0 Å². The first-order valence-corrected chi connectivity index (χ1v) is 11.5. The number of benzene rings is 1. The van der Waals surface area contributed by atoms with Gasteiger partial charge in [-0.2, -0.15) is 5.10 Å². The maximum Gasteiger partial charge on any atom is 0.244 e. The fourth-order valence-electron chi connectivity index (χ4n) is 4.49. The van der Waals surface area contributed by atoms with Crippen LogP contribution in [0.5, 0.6) is 0 Å². The first-order chi connectivity index (χ1) is 15.1. The molecule has 0 unspecified atom stereocenters. The number of pyridine rings is 1. The minimum absolute atomic E-state index is 0.0741. The third-order valence-corrected chi connectivity index (χ3v) is 6.68. The van der Waals surface area contributed by atoms with Crippen molar-refractivity contribution >= 4 is 39.0 Å². The third-order valence-electron chi connectivity index (χ3n) is 6.01. The van der Waals surface area contributed by atoms with E-state index >= 15 is 0 Å². The van der Waals surface area contributed by atoms with E-state index in [-0.39, 0.29) is 12.5 Å². The summed E-state index contributed by atoms with van der Waals surface area (Å²) in [6.45, 7) is 1.62. The molecule has 1 fully saturated rings. The van der Waals surface area contributed by atoms with Gasteiger partial charge in [-0.1, -0.05) is 23.2 Å². The lowest BCUT2D eigenvalue weighted by Crippen LogP contribution is -2.38. The number of aryl methyl sites for hydroxylation is 2. The fraction of sp³-hybridized carbons (Fsp3) is 0.304. The van der Waals surface area contributed by atoms with Crippen molar-refractivity contribution in [2.24, 2.45) is 0 Å². The summed E-state index contributed by atoms with van der Waals surface area (Å²) in [5.41, 5.74) is 7.35. The van der Waals surface area contributed by atoms with E-state index in [1.807, 2.05) is 17.2 Å². The van der Waals surface area contributed by atoms with Crippen LogP contribution >= 0.6 is 27.5 Å². The smallest absolute Gasteiger partial charge is 0.244 e. The molecule has 1 aliphatic heterocycles. The van der Waals surface area contributed by atoms with Crippen LogP contribution in [0.3, 0.4) is 0 Å². The van der Waals surface area contributed by atoms with Crippen molar-refractivity contribution in [1.82, 2.24) is 24.6 Å². The molecule has 5 rings (SSSR count). The quantitative estimate of drug-likeness (QED) is 0.528. The molecule has 3 aromatic rings. The van der Waals surface area contributed by atoms with Gasteiger partial charge in [-0.25, -0.2) is 9.67 Å². The number of aromatic nitrogens is 4. The molecule has 0 saturated carbocycles. The van der Waals surface area contributed by atoms with Crippen LogP contribution in [0.15, 0.2) is 53.2 Å². The molecule has 1 saturated heterocycles. The van der Waals surface area contributed by atoms with Crippen molar-refractivity contribution in [3.05, 3.63) is 80.6 Å². The minimum Gasteiger partial charge on any atom is -0.340 e. The topological polar surface area (TPSA) is 63.9 Å².